The molecule has 1 amide bonds. The SMILES string of the molecule is O=C(Nc1ccn([C@H]2C[C@H](O)[C@@H](CO)O2)c(=O)n1)c1ccncc1. The molecule has 3 heterocycles. The summed E-state index contributed by atoms with van der Waals surface area (Å²) >= 11 is 0. The van der Waals surface area contributed by atoms with Crippen molar-refractivity contribution in [2.45, 2.75) is 24.9 Å². The molecular formula is C15H16N4O5. The van der Waals surface area contributed by atoms with E-state index in [2.05, 4.69) is 15.3 Å². The van der Waals surface area contributed by atoms with Gasteiger partial charge in [0, 0.05) is 30.6 Å². The lowest BCUT2D eigenvalue weighted by atomic mass is 10.2. The molecule has 2 aromatic rings. The van der Waals surface area contributed by atoms with Crippen LogP contribution in [0.25, 0.3) is 0 Å². The standard InChI is InChI=1S/C15H16N4O5/c20-8-11-10(21)7-13(24-11)19-6-3-12(18-15(19)23)17-14(22)9-1-4-16-5-2-9/h1-6,10-11,13,20-21H,7-8H2,(H,17,18,22,23)/t10-,11+,13+/m0/s1. The van der Waals surface area contributed by atoms with Crippen molar-refractivity contribution in [3.8, 4) is 0 Å². The number of carbonyl (C=O) groups excluding carboxylic acids is 1. The number of ether oxygens (including phenoxy) is 1. The van der Waals surface area contributed by atoms with Gasteiger partial charge in [-0.05, 0) is 18.2 Å². The summed E-state index contributed by atoms with van der Waals surface area (Å²) in [7, 11) is 0. The molecular weight excluding hydrogens is 316 g/mol. The van der Waals surface area contributed by atoms with Gasteiger partial charge in [-0.1, -0.05) is 0 Å². The molecule has 3 N–H and O–H groups in total. The summed E-state index contributed by atoms with van der Waals surface area (Å²) in [5.74, 6) is -0.301. The molecule has 0 spiro atoms. The monoisotopic (exact) mass is 332 g/mol. The Kier molecular flexibility index (Phi) is 4.65. The molecule has 0 aromatic carbocycles. The number of rotatable bonds is 4. The molecule has 0 aliphatic carbocycles. The maximum Gasteiger partial charge on any atom is 0.351 e. The van der Waals surface area contributed by atoms with Crippen molar-refractivity contribution in [1.29, 1.82) is 0 Å². The van der Waals surface area contributed by atoms with Gasteiger partial charge in [0.2, 0.25) is 0 Å². The molecule has 9 heteroatoms. The Balaban J connectivity index is 1.74. The maximum atomic E-state index is 12.1. The average molecular weight is 332 g/mol. The van der Waals surface area contributed by atoms with E-state index in [4.69, 9.17) is 9.84 Å². The summed E-state index contributed by atoms with van der Waals surface area (Å²) < 4.78 is 6.62. The second-order valence-corrected chi connectivity index (χ2v) is 5.31. The largest absolute Gasteiger partial charge is 0.394 e. The summed E-state index contributed by atoms with van der Waals surface area (Å²) in [4.78, 5) is 31.7. The molecule has 1 saturated heterocycles. The molecule has 1 aliphatic rings. The van der Waals surface area contributed by atoms with Gasteiger partial charge in [0.1, 0.15) is 18.1 Å². The highest BCUT2D eigenvalue weighted by Gasteiger charge is 2.34. The Morgan fingerprint density at radius 3 is 2.75 bits per heavy atom. The smallest absolute Gasteiger partial charge is 0.351 e. The quantitative estimate of drug-likeness (QED) is 0.691. The van der Waals surface area contributed by atoms with Gasteiger partial charge in [-0.2, -0.15) is 4.98 Å². The molecule has 3 rings (SSSR count). The van der Waals surface area contributed by atoms with E-state index >= 15 is 0 Å². The fourth-order valence-electron chi connectivity index (χ4n) is 2.44. The van der Waals surface area contributed by atoms with Gasteiger partial charge in [-0.15, -0.1) is 0 Å². The zero-order chi connectivity index (χ0) is 17.1. The lowest BCUT2D eigenvalue weighted by molar-refractivity contribution is -0.0458. The first-order valence-electron chi connectivity index (χ1n) is 7.33. The summed E-state index contributed by atoms with van der Waals surface area (Å²) in [5, 5.41) is 21.3. The van der Waals surface area contributed by atoms with E-state index in [1.165, 1.54) is 29.2 Å². The van der Waals surface area contributed by atoms with Crippen LogP contribution in [0.15, 0.2) is 41.6 Å². The number of anilines is 1. The zero-order valence-corrected chi connectivity index (χ0v) is 12.6. The van der Waals surface area contributed by atoms with Gasteiger partial charge in [-0.25, -0.2) is 4.79 Å². The van der Waals surface area contributed by atoms with Gasteiger partial charge in [0.15, 0.2) is 0 Å². The predicted molar refractivity (Wildman–Crippen MR) is 82.3 cm³/mol. The number of amides is 1. The fourth-order valence-corrected chi connectivity index (χ4v) is 2.44. The lowest BCUT2D eigenvalue weighted by Crippen LogP contribution is -2.28. The summed E-state index contributed by atoms with van der Waals surface area (Å²) in [5.41, 5.74) is -0.234. The van der Waals surface area contributed by atoms with Crippen molar-refractivity contribution in [2.24, 2.45) is 0 Å². The number of aliphatic hydroxyl groups excluding tert-OH is 2. The van der Waals surface area contributed by atoms with E-state index in [1.807, 2.05) is 0 Å². The average Bonchev–Trinajstić information content (AvgIpc) is 2.96. The van der Waals surface area contributed by atoms with Crippen LogP contribution in [0.3, 0.4) is 0 Å². The molecule has 0 unspecified atom stereocenters. The molecule has 3 atom stereocenters. The molecule has 0 bridgehead atoms. The number of carbonyl (C=O) groups is 1. The van der Waals surface area contributed by atoms with E-state index in [-0.39, 0.29) is 18.8 Å². The van der Waals surface area contributed by atoms with Crippen LogP contribution in [0.1, 0.15) is 23.0 Å². The second kappa shape index (κ2) is 6.87. The van der Waals surface area contributed by atoms with E-state index in [1.54, 1.807) is 12.1 Å². The van der Waals surface area contributed by atoms with Crippen LogP contribution in [0.2, 0.25) is 0 Å². The Hall–Kier alpha value is -2.62. The highest BCUT2D eigenvalue weighted by Crippen LogP contribution is 2.27. The summed E-state index contributed by atoms with van der Waals surface area (Å²) in [6.07, 6.45) is 2.29. The molecule has 9 nitrogen and oxygen atoms in total. The number of hydrogen-bond donors (Lipinski definition) is 3. The van der Waals surface area contributed by atoms with Crippen molar-refractivity contribution in [3.05, 3.63) is 52.8 Å². The normalized spacial score (nSPS) is 23.2. The summed E-state index contributed by atoms with van der Waals surface area (Å²) in [6, 6.07) is 4.54. The zero-order valence-electron chi connectivity index (χ0n) is 12.6. The van der Waals surface area contributed by atoms with E-state index in [9.17, 15) is 14.7 Å². The van der Waals surface area contributed by atoms with Crippen LogP contribution in [0.4, 0.5) is 5.82 Å². The first-order valence-corrected chi connectivity index (χ1v) is 7.33. The minimum absolute atomic E-state index is 0.107. The fraction of sp³-hybridized carbons (Fsp3) is 0.333. The van der Waals surface area contributed by atoms with Crippen LogP contribution in [0, 0.1) is 0 Å². The van der Waals surface area contributed by atoms with Gasteiger partial charge >= 0.3 is 5.69 Å². The van der Waals surface area contributed by atoms with Crippen molar-refractivity contribution in [2.75, 3.05) is 11.9 Å². The van der Waals surface area contributed by atoms with Crippen LogP contribution < -0.4 is 11.0 Å². The molecule has 0 saturated carbocycles. The lowest BCUT2D eigenvalue weighted by Gasteiger charge is -2.14. The highest BCUT2D eigenvalue weighted by atomic mass is 16.5. The van der Waals surface area contributed by atoms with Crippen LogP contribution in [-0.4, -0.2) is 49.5 Å². The third-order valence-electron chi connectivity index (χ3n) is 3.71. The first kappa shape index (κ1) is 16.2. The van der Waals surface area contributed by atoms with Crippen LogP contribution in [-0.2, 0) is 4.74 Å². The number of aromatic nitrogens is 3. The third kappa shape index (κ3) is 3.32. The van der Waals surface area contributed by atoms with E-state index < -0.39 is 30.0 Å². The molecule has 1 aliphatic heterocycles. The van der Waals surface area contributed by atoms with Crippen LogP contribution in [0.5, 0.6) is 0 Å². The number of nitrogens with one attached hydrogen (secondary N) is 1. The van der Waals surface area contributed by atoms with Crippen molar-refractivity contribution in [1.82, 2.24) is 14.5 Å². The minimum atomic E-state index is -0.849. The topological polar surface area (TPSA) is 127 Å². The van der Waals surface area contributed by atoms with E-state index in [0.29, 0.717) is 5.56 Å². The maximum absolute atomic E-state index is 12.1. The van der Waals surface area contributed by atoms with Crippen molar-refractivity contribution >= 4 is 11.7 Å². The van der Waals surface area contributed by atoms with E-state index in [0.717, 1.165) is 0 Å². The number of nitrogens with zero attached hydrogens (tertiary/aromatic N) is 3. The third-order valence-corrected chi connectivity index (χ3v) is 3.71. The molecule has 2 aromatic heterocycles. The van der Waals surface area contributed by atoms with Gasteiger partial charge < -0.3 is 20.3 Å². The molecule has 24 heavy (non-hydrogen) atoms. The van der Waals surface area contributed by atoms with Crippen LogP contribution >= 0.6 is 0 Å². The van der Waals surface area contributed by atoms with Gasteiger partial charge in [0.25, 0.3) is 5.91 Å². The number of aliphatic hydroxyl groups is 2. The van der Waals surface area contributed by atoms with Gasteiger partial charge in [0.05, 0.1) is 12.7 Å². The van der Waals surface area contributed by atoms with Crippen molar-refractivity contribution in [3.63, 3.8) is 0 Å². The van der Waals surface area contributed by atoms with Crippen molar-refractivity contribution < 1.29 is 19.7 Å². The Labute approximate surface area is 136 Å². The molecule has 1 fully saturated rings. The number of pyridine rings is 1. The summed E-state index contributed by atoms with van der Waals surface area (Å²) in [6.45, 7) is -0.333. The highest BCUT2D eigenvalue weighted by molar-refractivity contribution is 6.03. The van der Waals surface area contributed by atoms with Gasteiger partial charge in [-0.3, -0.25) is 14.3 Å². The Bertz CT molecular complexity index is 779. The predicted octanol–water partition coefficient (Wildman–Crippen LogP) is -0.469. The number of hydrogen-bond acceptors (Lipinski definition) is 7. The molecule has 0 radical (unpaired) electrons. The Morgan fingerprint density at radius 1 is 1.38 bits per heavy atom. The minimum Gasteiger partial charge on any atom is -0.394 e. The first-order chi connectivity index (χ1) is 11.6. The second-order valence-electron chi connectivity index (χ2n) is 5.31. The Morgan fingerprint density at radius 2 is 2.12 bits per heavy atom. The molecule has 126 valence electrons.